The molecule has 0 radical (unpaired) electrons. The van der Waals surface area contributed by atoms with Gasteiger partial charge in [-0.05, 0) is 65.4 Å². The molecule has 132 valence electrons. The van der Waals surface area contributed by atoms with Crippen LogP contribution in [0.5, 0.6) is 11.5 Å². The molecule has 2 aromatic carbocycles. The number of thiophene rings is 1. The molecule has 0 bridgehead atoms. The maximum atomic E-state index is 13.1. The lowest BCUT2D eigenvalue weighted by Gasteiger charge is -2.32. The average Bonchev–Trinajstić information content (AvgIpc) is 3.24. The summed E-state index contributed by atoms with van der Waals surface area (Å²) in [4.78, 5) is 15.0. The summed E-state index contributed by atoms with van der Waals surface area (Å²) in [6.45, 7) is 1.58. The molecule has 0 saturated carbocycles. The minimum Gasteiger partial charge on any atom is -0.457 e. The minimum atomic E-state index is 0.0558. The van der Waals surface area contributed by atoms with Gasteiger partial charge in [-0.2, -0.15) is 11.3 Å². The normalized spacial score (nSPS) is 15.0. The summed E-state index contributed by atoms with van der Waals surface area (Å²) in [5, 5.41) is 4.36. The number of benzene rings is 2. The molecule has 3 nitrogen and oxygen atoms in total. The summed E-state index contributed by atoms with van der Waals surface area (Å²) in [6, 6.07) is 19.3. The summed E-state index contributed by atoms with van der Waals surface area (Å²) < 4.78 is 5.96. The molecule has 0 atom stereocenters. The molecule has 0 N–H and O–H groups in total. The number of ether oxygens (including phenoxy) is 1. The lowest BCUT2D eigenvalue weighted by Crippen LogP contribution is -2.38. The van der Waals surface area contributed by atoms with Gasteiger partial charge in [-0.25, -0.2) is 0 Å². The Morgan fingerprint density at radius 1 is 0.962 bits per heavy atom. The van der Waals surface area contributed by atoms with Gasteiger partial charge in [0.15, 0.2) is 0 Å². The second kappa shape index (κ2) is 7.75. The van der Waals surface area contributed by atoms with Gasteiger partial charge >= 0.3 is 0 Å². The summed E-state index contributed by atoms with van der Waals surface area (Å²) in [7, 11) is 0. The van der Waals surface area contributed by atoms with E-state index in [-0.39, 0.29) is 5.91 Å². The van der Waals surface area contributed by atoms with Crippen molar-refractivity contribution in [1.82, 2.24) is 4.90 Å². The van der Waals surface area contributed by atoms with Crippen LogP contribution in [-0.4, -0.2) is 23.9 Å². The summed E-state index contributed by atoms with van der Waals surface area (Å²) in [5.41, 5.74) is 2.04. The van der Waals surface area contributed by atoms with Crippen LogP contribution in [0.4, 0.5) is 0 Å². The Labute approximate surface area is 157 Å². The molecular weight excluding hydrogens is 342 g/mol. The van der Waals surface area contributed by atoms with Crippen molar-refractivity contribution in [1.29, 1.82) is 0 Å². The van der Waals surface area contributed by atoms with E-state index in [9.17, 15) is 4.79 Å². The molecule has 1 saturated heterocycles. The highest BCUT2D eigenvalue weighted by Gasteiger charge is 2.26. The van der Waals surface area contributed by atoms with Crippen LogP contribution in [0.3, 0.4) is 0 Å². The third-order valence-corrected chi connectivity index (χ3v) is 5.59. The fourth-order valence-corrected chi connectivity index (χ4v) is 4.18. The Morgan fingerprint density at radius 2 is 1.69 bits per heavy atom. The number of nitrogens with zero attached hydrogens (tertiary/aromatic N) is 1. The van der Waals surface area contributed by atoms with Gasteiger partial charge in [-0.1, -0.05) is 30.3 Å². The standard InChI is InChI=1S/C22H21NO2S/c24-22(23-13-10-17(11-14-23)18-12-15-26-16-18)20-8-4-5-9-21(20)25-19-6-2-1-3-7-19/h1-9,12,15-17H,10-11,13-14H2. The van der Waals surface area contributed by atoms with E-state index in [0.29, 0.717) is 17.2 Å². The third kappa shape index (κ3) is 3.65. The number of carbonyl (C=O) groups excluding carboxylic acids is 1. The Morgan fingerprint density at radius 3 is 2.42 bits per heavy atom. The van der Waals surface area contributed by atoms with E-state index in [1.807, 2.05) is 59.5 Å². The highest BCUT2D eigenvalue weighted by molar-refractivity contribution is 7.07. The van der Waals surface area contributed by atoms with Crippen molar-refractivity contribution < 1.29 is 9.53 Å². The van der Waals surface area contributed by atoms with Crippen LogP contribution in [-0.2, 0) is 0 Å². The van der Waals surface area contributed by atoms with Crippen molar-refractivity contribution in [2.75, 3.05) is 13.1 Å². The molecule has 0 aliphatic carbocycles. The van der Waals surface area contributed by atoms with E-state index >= 15 is 0 Å². The number of carbonyl (C=O) groups is 1. The smallest absolute Gasteiger partial charge is 0.257 e. The van der Waals surface area contributed by atoms with E-state index in [1.54, 1.807) is 11.3 Å². The van der Waals surface area contributed by atoms with Gasteiger partial charge in [-0.15, -0.1) is 0 Å². The molecule has 1 amide bonds. The Bertz CT molecular complexity index is 853. The first-order valence-corrected chi connectivity index (χ1v) is 9.89. The van der Waals surface area contributed by atoms with E-state index in [2.05, 4.69) is 16.8 Å². The molecule has 3 aromatic rings. The second-order valence-electron chi connectivity index (χ2n) is 6.53. The molecule has 1 aromatic heterocycles. The monoisotopic (exact) mass is 363 g/mol. The molecule has 26 heavy (non-hydrogen) atoms. The molecular formula is C22H21NO2S. The quantitative estimate of drug-likeness (QED) is 0.607. The average molecular weight is 363 g/mol. The number of rotatable bonds is 4. The number of likely N-dealkylation sites (tertiary alicyclic amines) is 1. The lowest BCUT2D eigenvalue weighted by molar-refractivity contribution is 0.0710. The van der Waals surface area contributed by atoms with Crippen LogP contribution < -0.4 is 4.74 Å². The van der Waals surface area contributed by atoms with Gasteiger partial charge in [0.25, 0.3) is 5.91 Å². The van der Waals surface area contributed by atoms with Crippen molar-refractivity contribution in [3.05, 3.63) is 82.6 Å². The zero-order valence-corrected chi connectivity index (χ0v) is 15.3. The number of hydrogen-bond acceptors (Lipinski definition) is 3. The van der Waals surface area contributed by atoms with E-state index in [1.165, 1.54) is 5.56 Å². The predicted molar refractivity (Wildman–Crippen MR) is 105 cm³/mol. The van der Waals surface area contributed by atoms with Gasteiger partial charge in [0.05, 0.1) is 5.56 Å². The van der Waals surface area contributed by atoms with E-state index in [4.69, 9.17) is 4.74 Å². The van der Waals surface area contributed by atoms with Crippen LogP contribution in [0.2, 0.25) is 0 Å². The zero-order chi connectivity index (χ0) is 17.8. The highest BCUT2D eigenvalue weighted by Crippen LogP contribution is 2.31. The van der Waals surface area contributed by atoms with Gasteiger partial charge in [-0.3, -0.25) is 4.79 Å². The SMILES string of the molecule is O=C(c1ccccc1Oc1ccccc1)N1CCC(c2ccsc2)CC1. The van der Waals surface area contributed by atoms with Crippen LogP contribution >= 0.6 is 11.3 Å². The minimum absolute atomic E-state index is 0.0558. The number of hydrogen-bond donors (Lipinski definition) is 0. The first-order chi connectivity index (χ1) is 12.8. The molecule has 1 aliphatic heterocycles. The van der Waals surface area contributed by atoms with Crippen molar-refractivity contribution in [3.8, 4) is 11.5 Å². The maximum absolute atomic E-state index is 13.1. The largest absolute Gasteiger partial charge is 0.457 e. The first kappa shape index (κ1) is 16.9. The Balaban J connectivity index is 1.47. The van der Waals surface area contributed by atoms with Crippen molar-refractivity contribution in [2.45, 2.75) is 18.8 Å². The second-order valence-corrected chi connectivity index (χ2v) is 7.31. The Kier molecular flexibility index (Phi) is 5.02. The molecule has 0 unspecified atom stereocenters. The fourth-order valence-electron chi connectivity index (χ4n) is 3.44. The van der Waals surface area contributed by atoms with Gasteiger partial charge < -0.3 is 9.64 Å². The zero-order valence-electron chi connectivity index (χ0n) is 14.5. The maximum Gasteiger partial charge on any atom is 0.257 e. The van der Waals surface area contributed by atoms with Crippen molar-refractivity contribution in [2.24, 2.45) is 0 Å². The van der Waals surface area contributed by atoms with Crippen molar-refractivity contribution >= 4 is 17.2 Å². The summed E-state index contributed by atoms with van der Waals surface area (Å²) in [5.74, 6) is 1.98. The van der Waals surface area contributed by atoms with E-state index in [0.717, 1.165) is 31.7 Å². The topological polar surface area (TPSA) is 29.5 Å². The molecule has 4 rings (SSSR count). The van der Waals surface area contributed by atoms with E-state index < -0.39 is 0 Å². The molecule has 1 aliphatic rings. The molecule has 2 heterocycles. The lowest BCUT2D eigenvalue weighted by atomic mass is 9.91. The number of amides is 1. The third-order valence-electron chi connectivity index (χ3n) is 4.89. The van der Waals surface area contributed by atoms with Gasteiger partial charge in [0.1, 0.15) is 11.5 Å². The van der Waals surface area contributed by atoms with Crippen LogP contribution in [0, 0.1) is 0 Å². The molecule has 0 spiro atoms. The first-order valence-electron chi connectivity index (χ1n) is 8.94. The summed E-state index contributed by atoms with van der Waals surface area (Å²) in [6.07, 6.45) is 2.04. The van der Waals surface area contributed by atoms with Gasteiger partial charge in [0.2, 0.25) is 0 Å². The molecule has 4 heteroatoms. The Hall–Kier alpha value is -2.59. The fraction of sp³-hybridized carbons (Fsp3) is 0.227. The number of para-hydroxylation sites is 2. The van der Waals surface area contributed by atoms with Crippen molar-refractivity contribution in [3.63, 3.8) is 0 Å². The molecule has 1 fully saturated rings. The highest BCUT2D eigenvalue weighted by atomic mass is 32.1. The van der Waals surface area contributed by atoms with Crippen LogP contribution in [0.1, 0.15) is 34.7 Å². The van der Waals surface area contributed by atoms with Gasteiger partial charge in [0, 0.05) is 13.1 Å². The predicted octanol–water partition coefficient (Wildman–Crippen LogP) is 5.56. The van der Waals surface area contributed by atoms with Crippen LogP contribution in [0.25, 0.3) is 0 Å². The summed E-state index contributed by atoms with van der Waals surface area (Å²) >= 11 is 1.74. The van der Waals surface area contributed by atoms with Crippen LogP contribution in [0.15, 0.2) is 71.4 Å². The number of piperidine rings is 1.